The number of benzene rings is 1. The molecule has 2 saturated heterocycles. The van der Waals surface area contributed by atoms with Gasteiger partial charge in [-0.2, -0.15) is 0 Å². The molecule has 40 heavy (non-hydrogen) atoms. The number of likely N-dealkylation sites (N-methyl/N-ethyl adjacent to an activating group) is 1. The summed E-state index contributed by atoms with van der Waals surface area (Å²) in [7, 11) is 3.95. The zero-order chi connectivity index (χ0) is 28.7. The van der Waals surface area contributed by atoms with Crippen molar-refractivity contribution in [2.75, 3.05) is 46.8 Å². The lowest BCUT2D eigenvalue weighted by molar-refractivity contribution is -0.166. The lowest BCUT2D eigenvalue weighted by Gasteiger charge is -2.52. The number of aliphatic hydroxyl groups excluding tert-OH is 1. The highest BCUT2D eigenvalue weighted by atomic mass is 16.3. The average Bonchev–Trinajstić information content (AvgIpc) is 2.96. The van der Waals surface area contributed by atoms with Gasteiger partial charge in [0.1, 0.15) is 11.6 Å². The molecule has 3 aliphatic rings. The van der Waals surface area contributed by atoms with Crippen LogP contribution < -0.4 is 10.6 Å². The van der Waals surface area contributed by atoms with E-state index >= 15 is 0 Å². The van der Waals surface area contributed by atoms with Crippen molar-refractivity contribution < 1.29 is 19.5 Å². The quantitative estimate of drug-likeness (QED) is 0.387. The summed E-state index contributed by atoms with van der Waals surface area (Å²) >= 11 is 0. The van der Waals surface area contributed by atoms with Gasteiger partial charge in [-0.3, -0.25) is 19.3 Å². The smallest absolute Gasteiger partial charge is 0.251 e. The third-order valence-corrected chi connectivity index (χ3v) is 9.12. The summed E-state index contributed by atoms with van der Waals surface area (Å²) in [5.74, 6) is -0.214. The molecule has 1 spiro atoms. The second-order valence-electron chi connectivity index (χ2n) is 12.2. The number of rotatable bonds is 11. The minimum absolute atomic E-state index is 0.0691. The number of nitrogens with zero attached hydrogens (tertiary/aromatic N) is 3. The van der Waals surface area contributed by atoms with Crippen molar-refractivity contribution in [1.29, 1.82) is 0 Å². The fraction of sp³-hybridized carbons (Fsp3) is 0.710. The van der Waals surface area contributed by atoms with Gasteiger partial charge in [0, 0.05) is 44.8 Å². The third kappa shape index (κ3) is 7.04. The minimum Gasteiger partial charge on any atom is -0.390 e. The van der Waals surface area contributed by atoms with Gasteiger partial charge in [-0.15, -0.1) is 0 Å². The highest BCUT2D eigenvalue weighted by molar-refractivity contribution is 6.00. The van der Waals surface area contributed by atoms with Crippen LogP contribution in [0.1, 0.15) is 80.6 Å². The average molecular weight is 556 g/mol. The van der Waals surface area contributed by atoms with Crippen LogP contribution >= 0.6 is 0 Å². The van der Waals surface area contributed by atoms with E-state index in [-0.39, 0.29) is 23.6 Å². The number of piperazine rings is 1. The first kappa shape index (κ1) is 30.5. The SMILES string of the molecule is CCCCN1C(=O)[C@@H]([C@H](O)C2CCCCC2)NC(=O)C12CCN(Cc1ccc(C(=O)NCCN(C)C)cc1)CC2. The van der Waals surface area contributed by atoms with E-state index in [9.17, 15) is 19.5 Å². The van der Waals surface area contributed by atoms with Gasteiger partial charge in [-0.25, -0.2) is 0 Å². The normalized spacial score (nSPS) is 22.9. The predicted octanol–water partition coefficient (Wildman–Crippen LogP) is 2.38. The Hall–Kier alpha value is -2.49. The lowest BCUT2D eigenvalue weighted by Crippen LogP contribution is -2.75. The number of hydrogen-bond donors (Lipinski definition) is 3. The standard InChI is InChI=1S/C31H49N5O4/c1-4-5-18-36-29(39)26(27(37)24-9-7-6-8-10-24)33-30(40)31(36)15-19-35(20-16-31)22-23-11-13-25(14-12-23)28(38)32-17-21-34(2)3/h11-14,24,26-27,37H,4-10,15-22H2,1-3H3,(H,32,38)(H,33,40)/t26-,27-/m1/s1. The Morgan fingerprint density at radius 3 is 2.42 bits per heavy atom. The zero-order valence-electron chi connectivity index (χ0n) is 24.7. The van der Waals surface area contributed by atoms with Crippen LogP contribution in [0.25, 0.3) is 0 Å². The van der Waals surface area contributed by atoms with Crippen molar-refractivity contribution >= 4 is 17.7 Å². The number of piperidine rings is 1. The van der Waals surface area contributed by atoms with Gasteiger partial charge in [-0.05, 0) is 69.8 Å². The van der Waals surface area contributed by atoms with E-state index < -0.39 is 17.7 Å². The predicted molar refractivity (Wildman–Crippen MR) is 156 cm³/mol. The molecular formula is C31H49N5O4. The Morgan fingerprint density at radius 1 is 1.12 bits per heavy atom. The fourth-order valence-electron chi connectivity index (χ4n) is 6.55. The van der Waals surface area contributed by atoms with E-state index in [2.05, 4.69) is 22.5 Å². The highest BCUT2D eigenvalue weighted by Gasteiger charge is 2.55. The van der Waals surface area contributed by atoms with Gasteiger partial charge in [0.25, 0.3) is 5.91 Å². The van der Waals surface area contributed by atoms with Crippen LogP contribution in [-0.4, -0.2) is 102 Å². The van der Waals surface area contributed by atoms with Crippen molar-refractivity contribution in [2.24, 2.45) is 5.92 Å². The molecule has 4 rings (SSSR count). The molecule has 1 aliphatic carbocycles. The number of amides is 3. The first-order valence-corrected chi connectivity index (χ1v) is 15.3. The third-order valence-electron chi connectivity index (χ3n) is 9.12. The molecule has 2 atom stereocenters. The van der Waals surface area contributed by atoms with Crippen molar-refractivity contribution in [3.63, 3.8) is 0 Å². The Balaban J connectivity index is 1.37. The molecule has 0 radical (unpaired) electrons. The topological polar surface area (TPSA) is 105 Å². The molecule has 3 N–H and O–H groups in total. The summed E-state index contributed by atoms with van der Waals surface area (Å²) < 4.78 is 0. The number of carbonyl (C=O) groups is 3. The molecular weight excluding hydrogens is 506 g/mol. The second-order valence-corrected chi connectivity index (χ2v) is 12.2. The van der Waals surface area contributed by atoms with Crippen molar-refractivity contribution in [1.82, 2.24) is 25.3 Å². The van der Waals surface area contributed by atoms with Crippen LogP contribution in [0.4, 0.5) is 0 Å². The Bertz CT molecular complexity index is 999. The molecule has 0 unspecified atom stereocenters. The molecule has 2 aliphatic heterocycles. The maximum atomic E-state index is 13.8. The van der Waals surface area contributed by atoms with Gasteiger partial charge in [-0.1, -0.05) is 44.7 Å². The zero-order valence-corrected chi connectivity index (χ0v) is 24.7. The summed E-state index contributed by atoms with van der Waals surface area (Å²) in [6.45, 7) is 6.17. The molecule has 1 aromatic rings. The number of aliphatic hydroxyl groups is 1. The summed E-state index contributed by atoms with van der Waals surface area (Å²) in [5.41, 5.74) is 0.914. The molecule has 222 valence electrons. The Labute approximate surface area is 239 Å². The van der Waals surface area contributed by atoms with Crippen LogP contribution in [0.2, 0.25) is 0 Å². The first-order valence-electron chi connectivity index (χ1n) is 15.3. The summed E-state index contributed by atoms with van der Waals surface area (Å²) in [4.78, 5) is 46.0. The largest absolute Gasteiger partial charge is 0.390 e. The van der Waals surface area contributed by atoms with Crippen LogP contribution in [0.5, 0.6) is 0 Å². The van der Waals surface area contributed by atoms with Gasteiger partial charge in [0.2, 0.25) is 11.8 Å². The highest BCUT2D eigenvalue weighted by Crippen LogP contribution is 2.36. The molecule has 1 aromatic carbocycles. The van der Waals surface area contributed by atoms with Crippen LogP contribution in [0.3, 0.4) is 0 Å². The van der Waals surface area contributed by atoms with Crippen molar-refractivity contribution in [2.45, 2.75) is 88.9 Å². The minimum atomic E-state index is -0.847. The summed E-state index contributed by atoms with van der Waals surface area (Å²) in [5, 5.41) is 17.1. The number of likely N-dealkylation sites (tertiary alicyclic amines) is 1. The van der Waals surface area contributed by atoms with Gasteiger partial charge in [0.15, 0.2) is 0 Å². The molecule has 3 fully saturated rings. The Kier molecular flexibility index (Phi) is 10.6. The van der Waals surface area contributed by atoms with E-state index in [1.165, 1.54) is 6.42 Å². The second kappa shape index (κ2) is 13.9. The monoisotopic (exact) mass is 555 g/mol. The maximum absolute atomic E-state index is 13.8. The van der Waals surface area contributed by atoms with Crippen LogP contribution in [0.15, 0.2) is 24.3 Å². The van der Waals surface area contributed by atoms with E-state index in [0.717, 1.165) is 57.2 Å². The Morgan fingerprint density at radius 2 is 1.80 bits per heavy atom. The van der Waals surface area contributed by atoms with Crippen molar-refractivity contribution in [3.05, 3.63) is 35.4 Å². The number of carbonyl (C=O) groups excluding carboxylic acids is 3. The first-order chi connectivity index (χ1) is 19.2. The summed E-state index contributed by atoms with van der Waals surface area (Å²) in [6.07, 6.45) is 7.25. The van der Waals surface area contributed by atoms with Crippen molar-refractivity contribution in [3.8, 4) is 0 Å². The van der Waals surface area contributed by atoms with Crippen LogP contribution in [0, 0.1) is 5.92 Å². The number of nitrogens with one attached hydrogen (secondary N) is 2. The molecule has 9 nitrogen and oxygen atoms in total. The van der Waals surface area contributed by atoms with Gasteiger partial charge < -0.3 is 25.5 Å². The maximum Gasteiger partial charge on any atom is 0.251 e. The van der Waals surface area contributed by atoms with Crippen LogP contribution in [-0.2, 0) is 16.1 Å². The number of unbranched alkanes of at least 4 members (excludes halogenated alkanes) is 1. The number of hydrogen-bond acceptors (Lipinski definition) is 6. The molecule has 2 heterocycles. The van der Waals surface area contributed by atoms with E-state index in [0.29, 0.717) is 44.6 Å². The molecule has 3 amide bonds. The van der Waals surface area contributed by atoms with E-state index in [4.69, 9.17) is 0 Å². The summed E-state index contributed by atoms with van der Waals surface area (Å²) in [6, 6.07) is 6.88. The molecule has 0 aromatic heterocycles. The molecule has 0 bridgehead atoms. The van der Waals surface area contributed by atoms with E-state index in [1.54, 1.807) is 0 Å². The molecule has 9 heteroatoms. The van der Waals surface area contributed by atoms with Gasteiger partial charge in [0.05, 0.1) is 6.10 Å². The lowest BCUT2D eigenvalue weighted by atomic mass is 9.78. The van der Waals surface area contributed by atoms with E-state index in [1.807, 2.05) is 48.2 Å². The molecule has 1 saturated carbocycles. The van der Waals surface area contributed by atoms with Gasteiger partial charge >= 0.3 is 0 Å². The fourth-order valence-corrected chi connectivity index (χ4v) is 6.55.